The minimum atomic E-state index is 0.340. The average Bonchev–Trinajstić information content (AvgIpc) is 2.90. The minimum absolute atomic E-state index is 0.340. The lowest BCUT2D eigenvalue weighted by Gasteiger charge is -2.33. The van der Waals surface area contributed by atoms with E-state index in [1.165, 1.54) is 5.56 Å². The number of hydrogen-bond donors (Lipinski definition) is 3. The molecule has 1 aromatic carbocycles. The van der Waals surface area contributed by atoms with E-state index in [0.29, 0.717) is 12.1 Å². The summed E-state index contributed by atoms with van der Waals surface area (Å²) >= 11 is 0. The molecule has 8 nitrogen and oxygen atoms in total. The van der Waals surface area contributed by atoms with Crippen molar-refractivity contribution in [3.8, 4) is 0 Å². The Morgan fingerprint density at radius 3 is 2.11 bits per heavy atom. The molecule has 0 aromatic heterocycles. The third-order valence-electron chi connectivity index (χ3n) is 6.87. The molecule has 0 saturated carbocycles. The zero-order valence-electron chi connectivity index (χ0n) is 22.3. The molecule has 3 N–H and O–H groups in total. The number of benzene rings is 1. The standard InChI is InChI=1S/C28H50N4O4/c1-2-6-26(7-3-1)24-28-9-5-17-33-18-10-30-13-21-36-25-27-8-4-15-32(28)16-23-35-20-12-29-11-19-34-22-14-31-27/h1-3,6-7,27-31H,4-5,8-25H2. The van der Waals surface area contributed by atoms with Crippen LogP contribution in [-0.4, -0.2) is 116 Å². The predicted molar refractivity (Wildman–Crippen MR) is 145 cm³/mol. The third kappa shape index (κ3) is 13.4. The van der Waals surface area contributed by atoms with Gasteiger partial charge in [-0.15, -0.1) is 0 Å². The van der Waals surface area contributed by atoms with Crippen molar-refractivity contribution in [2.45, 2.75) is 44.2 Å². The topological polar surface area (TPSA) is 76.2 Å². The number of rotatable bonds is 2. The van der Waals surface area contributed by atoms with Gasteiger partial charge in [-0.2, -0.15) is 0 Å². The summed E-state index contributed by atoms with van der Waals surface area (Å²) < 4.78 is 23.7. The first kappa shape index (κ1) is 29.5. The van der Waals surface area contributed by atoms with Gasteiger partial charge in [-0.05, 0) is 44.2 Å². The minimum Gasteiger partial charge on any atom is -0.380 e. The summed E-state index contributed by atoms with van der Waals surface area (Å²) in [7, 11) is 0. The van der Waals surface area contributed by atoms with Crippen LogP contribution in [0.2, 0.25) is 0 Å². The van der Waals surface area contributed by atoms with E-state index in [4.69, 9.17) is 18.9 Å². The summed E-state index contributed by atoms with van der Waals surface area (Å²) in [6.07, 6.45) is 5.49. The molecule has 0 amide bonds. The van der Waals surface area contributed by atoms with Gasteiger partial charge in [0.1, 0.15) is 0 Å². The van der Waals surface area contributed by atoms with Gasteiger partial charge in [-0.1, -0.05) is 30.3 Å². The van der Waals surface area contributed by atoms with Gasteiger partial charge >= 0.3 is 0 Å². The van der Waals surface area contributed by atoms with Crippen LogP contribution in [-0.2, 0) is 25.4 Å². The van der Waals surface area contributed by atoms with Crippen molar-refractivity contribution in [3.63, 3.8) is 0 Å². The molecule has 2 heterocycles. The molecule has 3 unspecified atom stereocenters. The molecule has 36 heavy (non-hydrogen) atoms. The number of nitrogens with one attached hydrogen (secondary N) is 3. The fraction of sp³-hybridized carbons (Fsp3) is 0.786. The third-order valence-corrected chi connectivity index (χ3v) is 6.87. The van der Waals surface area contributed by atoms with Crippen LogP contribution in [0.15, 0.2) is 30.3 Å². The number of ether oxygens (including phenoxy) is 4. The van der Waals surface area contributed by atoms with Crippen LogP contribution in [0.1, 0.15) is 31.2 Å². The number of hydrogen-bond acceptors (Lipinski definition) is 8. The Morgan fingerprint density at radius 1 is 0.667 bits per heavy atom. The van der Waals surface area contributed by atoms with Crippen LogP contribution in [0, 0.1) is 0 Å². The summed E-state index contributed by atoms with van der Waals surface area (Å²) in [5.41, 5.74) is 1.40. The molecule has 3 rings (SSSR count). The van der Waals surface area contributed by atoms with E-state index in [0.717, 1.165) is 131 Å². The van der Waals surface area contributed by atoms with E-state index in [1.807, 2.05) is 0 Å². The van der Waals surface area contributed by atoms with Crippen molar-refractivity contribution in [1.29, 1.82) is 0 Å². The molecule has 0 spiro atoms. The van der Waals surface area contributed by atoms with Crippen molar-refractivity contribution in [3.05, 3.63) is 35.9 Å². The average molecular weight is 507 g/mol. The Balaban J connectivity index is 1.67. The first-order chi connectivity index (χ1) is 17.9. The summed E-state index contributed by atoms with van der Waals surface area (Å²) in [5, 5.41) is 10.5. The molecule has 3 atom stereocenters. The Bertz CT molecular complexity index is 633. The monoisotopic (exact) mass is 506 g/mol. The maximum atomic E-state index is 6.02. The Morgan fingerprint density at radius 2 is 1.33 bits per heavy atom. The van der Waals surface area contributed by atoms with Gasteiger partial charge in [0.15, 0.2) is 0 Å². The highest BCUT2D eigenvalue weighted by molar-refractivity contribution is 5.16. The molecular weight excluding hydrogens is 456 g/mol. The van der Waals surface area contributed by atoms with Crippen molar-refractivity contribution in [1.82, 2.24) is 20.9 Å². The molecule has 2 aliphatic heterocycles. The second-order valence-corrected chi connectivity index (χ2v) is 9.73. The summed E-state index contributed by atoms with van der Waals surface area (Å²) in [6.45, 7) is 12.3. The van der Waals surface area contributed by atoms with Gasteiger partial charge in [0.2, 0.25) is 0 Å². The molecule has 2 bridgehead atoms. The fourth-order valence-corrected chi connectivity index (χ4v) is 4.86. The van der Waals surface area contributed by atoms with Crippen LogP contribution in [0.4, 0.5) is 0 Å². The largest absolute Gasteiger partial charge is 0.380 e. The fourth-order valence-electron chi connectivity index (χ4n) is 4.86. The van der Waals surface area contributed by atoms with E-state index in [1.54, 1.807) is 0 Å². The van der Waals surface area contributed by atoms with Gasteiger partial charge in [-0.25, -0.2) is 0 Å². The van der Waals surface area contributed by atoms with Crippen molar-refractivity contribution >= 4 is 0 Å². The lowest BCUT2D eigenvalue weighted by Crippen LogP contribution is -2.41. The normalized spacial score (nSPS) is 28.3. The molecule has 2 fully saturated rings. The molecule has 8 heteroatoms. The molecule has 2 saturated heterocycles. The van der Waals surface area contributed by atoms with Crippen molar-refractivity contribution in [2.75, 3.05) is 98.7 Å². The van der Waals surface area contributed by atoms with Crippen LogP contribution < -0.4 is 16.0 Å². The second kappa shape index (κ2) is 19.9. The molecular formula is C28H50N4O4. The van der Waals surface area contributed by atoms with Crippen LogP contribution in [0.3, 0.4) is 0 Å². The predicted octanol–water partition coefficient (Wildman–Crippen LogP) is 1.69. The van der Waals surface area contributed by atoms with E-state index >= 15 is 0 Å². The van der Waals surface area contributed by atoms with Crippen LogP contribution in [0.25, 0.3) is 0 Å². The Labute approximate surface area is 218 Å². The van der Waals surface area contributed by atoms with Gasteiger partial charge in [0.25, 0.3) is 0 Å². The smallest absolute Gasteiger partial charge is 0.0620 e. The SMILES string of the molecule is c1ccc(CC2CCCOCCNCCOCC3CCCN2CCOCCNCCOCCN3)cc1. The molecule has 0 radical (unpaired) electrons. The molecule has 0 aliphatic carbocycles. The first-order valence-electron chi connectivity index (χ1n) is 14.2. The zero-order valence-corrected chi connectivity index (χ0v) is 22.3. The lowest BCUT2D eigenvalue weighted by molar-refractivity contribution is 0.0764. The maximum absolute atomic E-state index is 6.02. The van der Waals surface area contributed by atoms with Crippen molar-refractivity contribution < 1.29 is 18.9 Å². The van der Waals surface area contributed by atoms with Gasteiger partial charge in [0.05, 0.1) is 46.2 Å². The molecule has 2 aliphatic rings. The summed E-state index contributed by atoms with van der Waals surface area (Å²) in [5.74, 6) is 0. The summed E-state index contributed by atoms with van der Waals surface area (Å²) in [6, 6.07) is 11.7. The molecule has 206 valence electrons. The summed E-state index contributed by atoms with van der Waals surface area (Å²) in [4.78, 5) is 2.67. The van der Waals surface area contributed by atoms with E-state index in [9.17, 15) is 0 Å². The van der Waals surface area contributed by atoms with Gasteiger partial charge in [0, 0.05) is 58.0 Å². The van der Waals surface area contributed by atoms with E-state index in [-0.39, 0.29) is 0 Å². The van der Waals surface area contributed by atoms with E-state index < -0.39 is 0 Å². The Kier molecular flexibility index (Phi) is 16.3. The van der Waals surface area contributed by atoms with Gasteiger partial charge in [-0.3, -0.25) is 4.90 Å². The van der Waals surface area contributed by atoms with Crippen LogP contribution in [0.5, 0.6) is 0 Å². The quantitative estimate of drug-likeness (QED) is 0.560. The van der Waals surface area contributed by atoms with E-state index in [2.05, 4.69) is 51.2 Å². The Hall–Kier alpha value is -1.10. The highest BCUT2D eigenvalue weighted by Crippen LogP contribution is 2.16. The highest BCUT2D eigenvalue weighted by Gasteiger charge is 2.20. The first-order valence-corrected chi connectivity index (χ1v) is 14.2. The number of fused-ring (bicyclic) bond motifs is 4. The lowest BCUT2D eigenvalue weighted by atomic mass is 9.99. The van der Waals surface area contributed by atoms with Crippen LogP contribution >= 0.6 is 0 Å². The number of nitrogens with zero attached hydrogens (tertiary/aromatic N) is 1. The second-order valence-electron chi connectivity index (χ2n) is 9.73. The highest BCUT2D eigenvalue weighted by atomic mass is 16.5. The van der Waals surface area contributed by atoms with Crippen molar-refractivity contribution in [2.24, 2.45) is 0 Å². The van der Waals surface area contributed by atoms with Gasteiger partial charge < -0.3 is 34.9 Å². The zero-order chi connectivity index (χ0) is 24.9. The maximum Gasteiger partial charge on any atom is 0.0620 e. The molecule has 1 aromatic rings.